The van der Waals surface area contributed by atoms with E-state index in [0.29, 0.717) is 19.6 Å². The first kappa shape index (κ1) is 17.0. The van der Waals surface area contributed by atoms with E-state index in [9.17, 15) is 4.79 Å². The van der Waals surface area contributed by atoms with Crippen molar-refractivity contribution >= 4 is 6.03 Å². The number of aromatic nitrogens is 4. The van der Waals surface area contributed by atoms with E-state index in [1.165, 1.54) is 0 Å². The number of nitrogens with zero attached hydrogens (tertiary/aromatic N) is 5. The number of para-hydroxylation sites is 1. The molecule has 7 heteroatoms. The molecular weight excluding hydrogens is 352 g/mol. The summed E-state index contributed by atoms with van der Waals surface area (Å²) in [4.78, 5) is 19.3. The highest BCUT2D eigenvalue weighted by Crippen LogP contribution is 2.27. The van der Waals surface area contributed by atoms with Gasteiger partial charge in [0, 0.05) is 30.8 Å². The van der Waals surface area contributed by atoms with E-state index in [0.717, 1.165) is 47.8 Å². The van der Waals surface area contributed by atoms with E-state index in [1.807, 2.05) is 53.0 Å². The molecule has 1 atom stereocenters. The molecule has 0 saturated carbocycles. The van der Waals surface area contributed by atoms with Crippen molar-refractivity contribution in [3.8, 4) is 5.69 Å². The molecule has 2 aliphatic heterocycles. The molecular formula is C21H24N6O. The van der Waals surface area contributed by atoms with E-state index in [2.05, 4.69) is 26.2 Å². The van der Waals surface area contributed by atoms with Gasteiger partial charge in [0.15, 0.2) is 0 Å². The van der Waals surface area contributed by atoms with Gasteiger partial charge in [-0.2, -0.15) is 5.10 Å². The molecule has 2 aromatic heterocycles. The number of imidazole rings is 1. The minimum atomic E-state index is -0.0174. The van der Waals surface area contributed by atoms with Crippen LogP contribution in [0.2, 0.25) is 0 Å². The van der Waals surface area contributed by atoms with Gasteiger partial charge >= 0.3 is 6.03 Å². The lowest BCUT2D eigenvalue weighted by Gasteiger charge is -2.25. The molecule has 5 rings (SSSR count). The summed E-state index contributed by atoms with van der Waals surface area (Å²) in [6.07, 6.45) is 6.18. The molecule has 7 nitrogen and oxygen atoms in total. The van der Waals surface area contributed by atoms with Crippen molar-refractivity contribution in [3.63, 3.8) is 0 Å². The second-order valence-corrected chi connectivity index (χ2v) is 7.68. The van der Waals surface area contributed by atoms with Gasteiger partial charge in [-0.3, -0.25) is 0 Å². The molecule has 0 aliphatic carbocycles. The highest BCUT2D eigenvalue weighted by atomic mass is 16.2. The highest BCUT2D eigenvalue weighted by molar-refractivity contribution is 5.75. The summed E-state index contributed by atoms with van der Waals surface area (Å²) in [6, 6.07) is 10.0. The third-order valence-electron chi connectivity index (χ3n) is 5.69. The van der Waals surface area contributed by atoms with Gasteiger partial charge in [0.05, 0.1) is 36.4 Å². The fourth-order valence-corrected chi connectivity index (χ4v) is 4.31. The normalized spacial score (nSPS) is 18.0. The summed E-state index contributed by atoms with van der Waals surface area (Å²) in [6.45, 7) is 4.87. The zero-order valence-corrected chi connectivity index (χ0v) is 16.0. The van der Waals surface area contributed by atoms with Gasteiger partial charge in [-0.1, -0.05) is 18.2 Å². The van der Waals surface area contributed by atoms with Gasteiger partial charge in [0.2, 0.25) is 0 Å². The van der Waals surface area contributed by atoms with Crippen LogP contribution in [0, 0.1) is 6.92 Å². The quantitative estimate of drug-likeness (QED) is 0.764. The number of carbonyl (C=O) groups is 1. The molecule has 0 spiro atoms. The van der Waals surface area contributed by atoms with E-state index in [4.69, 9.17) is 0 Å². The molecule has 2 aliphatic rings. The number of hydrogen-bond acceptors (Lipinski definition) is 3. The topological polar surface area (TPSA) is 68.0 Å². The van der Waals surface area contributed by atoms with Gasteiger partial charge in [-0.05, 0) is 31.9 Å². The first-order chi connectivity index (χ1) is 13.7. The second kappa shape index (κ2) is 6.82. The Bertz CT molecular complexity index is 1010. The fourth-order valence-electron chi connectivity index (χ4n) is 4.31. The summed E-state index contributed by atoms with van der Waals surface area (Å²) in [7, 11) is 0. The van der Waals surface area contributed by atoms with Crippen LogP contribution >= 0.6 is 0 Å². The minimum Gasteiger partial charge on any atom is -0.337 e. The van der Waals surface area contributed by atoms with Crippen LogP contribution in [0.1, 0.15) is 41.5 Å². The highest BCUT2D eigenvalue weighted by Gasteiger charge is 2.29. The van der Waals surface area contributed by atoms with Gasteiger partial charge < -0.3 is 14.8 Å². The summed E-state index contributed by atoms with van der Waals surface area (Å²) in [5.74, 6) is 1.39. The Morgan fingerprint density at radius 3 is 2.96 bits per heavy atom. The number of nitrogens with one attached hydrogen (secondary N) is 1. The van der Waals surface area contributed by atoms with Crippen molar-refractivity contribution in [3.05, 3.63) is 65.5 Å². The van der Waals surface area contributed by atoms with Crippen LogP contribution in [0.15, 0.2) is 42.7 Å². The molecule has 0 radical (unpaired) electrons. The van der Waals surface area contributed by atoms with Crippen molar-refractivity contribution in [1.29, 1.82) is 0 Å². The number of rotatable bonds is 3. The van der Waals surface area contributed by atoms with E-state index in [1.54, 1.807) is 0 Å². The fraction of sp³-hybridized carbons (Fsp3) is 0.381. The second-order valence-electron chi connectivity index (χ2n) is 7.68. The molecule has 28 heavy (non-hydrogen) atoms. The first-order valence-electron chi connectivity index (χ1n) is 9.86. The average Bonchev–Trinajstić information content (AvgIpc) is 3.39. The Kier molecular flexibility index (Phi) is 4.15. The molecule has 0 fully saturated rings. The smallest absolute Gasteiger partial charge is 0.318 e. The third kappa shape index (κ3) is 2.96. The third-order valence-corrected chi connectivity index (χ3v) is 5.69. The Morgan fingerprint density at radius 2 is 2.11 bits per heavy atom. The largest absolute Gasteiger partial charge is 0.337 e. The lowest BCUT2D eigenvalue weighted by atomic mass is 9.99. The summed E-state index contributed by atoms with van der Waals surface area (Å²) in [5, 5.41) is 7.63. The SMILES string of the molecule is Cc1cn2c(n1)C(CNC(=O)N1Cc3cnn(-c4ccccc4)c3C1)CCC2. The van der Waals surface area contributed by atoms with Crippen LogP contribution in [0.5, 0.6) is 0 Å². The van der Waals surface area contributed by atoms with Crippen molar-refractivity contribution < 1.29 is 4.79 Å². The molecule has 2 amide bonds. The van der Waals surface area contributed by atoms with Gasteiger partial charge in [-0.25, -0.2) is 14.5 Å². The maximum atomic E-state index is 12.8. The van der Waals surface area contributed by atoms with Gasteiger partial charge in [-0.15, -0.1) is 0 Å². The van der Waals surface area contributed by atoms with Crippen molar-refractivity contribution in [2.75, 3.05) is 6.54 Å². The predicted molar refractivity (Wildman–Crippen MR) is 105 cm³/mol. The lowest BCUT2D eigenvalue weighted by Crippen LogP contribution is -2.39. The molecule has 144 valence electrons. The number of aryl methyl sites for hydroxylation is 2. The van der Waals surface area contributed by atoms with Crippen molar-refractivity contribution in [2.24, 2.45) is 0 Å². The molecule has 3 aromatic rings. The van der Waals surface area contributed by atoms with Crippen LogP contribution in [0.3, 0.4) is 0 Å². The standard InChI is InChI=1S/C21H24N6O/c1-15-12-25-9-5-6-16(20(25)24-15)10-22-21(28)26-13-17-11-23-27(19(17)14-26)18-7-3-2-4-8-18/h2-4,7-8,11-12,16H,5-6,9-10,13-14H2,1H3,(H,22,28). The minimum absolute atomic E-state index is 0.0174. The zero-order chi connectivity index (χ0) is 19.1. The molecule has 0 saturated heterocycles. The van der Waals surface area contributed by atoms with Crippen molar-refractivity contribution in [2.45, 2.75) is 45.3 Å². The summed E-state index contributed by atoms with van der Waals surface area (Å²) >= 11 is 0. The van der Waals surface area contributed by atoms with Gasteiger partial charge in [0.1, 0.15) is 5.82 Å². The maximum Gasteiger partial charge on any atom is 0.318 e. The Balaban J connectivity index is 1.25. The van der Waals surface area contributed by atoms with E-state index >= 15 is 0 Å². The summed E-state index contributed by atoms with van der Waals surface area (Å²) < 4.78 is 4.17. The number of amides is 2. The molecule has 4 heterocycles. The monoisotopic (exact) mass is 376 g/mol. The maximum absolute atomic E-state index is 12.8. The number of urea groups is 1. The molecule has 1 N–H and O–H groups in total. The Hall–Kier alpha value is -3.09. The van der Waals surface area contributed by atoms with Crippen LogP contribution in [0.25, 0.3) is 5.69 Å². The Labute approximate surface area is 164 Å². The number of benzene rings is 1. The van der Waals surface area contributed by atoms with E-state index in [-0.39, 0.29) is 11.9 Å². The predicted octanol–water partition coefficient (Wildman–Crippen LogP) is 2.98. The van der Waals surface area contributed by atoms with Crippen LogP contribution in [-0.4, -0.2) is 36.8 Å². The zero-order valence-electron chi connectivity index (χ0n) is 16.0. The Morgan fingerprint density at radius 1 is 1.25 bits per heavy atom. The molecule has 1 aromatic carbocycles. The van der Waals surface area contributed by atoms with Gasteiger partial charge in [0.25, 0.3) is 0 Å². The summed E-state index contributed by atoms with van der Waals surface area (Å²) in [5.41, 5.74) is 4.28. The van der Waals surface area contributed by atoms with E-state index < -0.39 is 0 Å². The number of hydrogen-bond donors (Lipinski definition) is 1. The molecule has 0 bridgehead atoms. The molecule has 1 unspecified atom stereocenters. The average molecular weight is 376 g/mol. The van der Waals surface area contributed by atoms with Crippen molar-refractivity contribution in [1.82, 2.24) is 29.5 Å². The number of fused-ring (bicyclic) bond motifs is 2. The van der Waals surface area contributed by atoms with Crippen LogP contribution in [0.4, 0.5) is 4.79 Å². The lowest BCUT2D eigenvalue weighted by molar-refractivity contribution is 0.196. The number of carbonyl (C=O) groups excluding carboxylic acids is 1. The van der Waals surface area contributed by atoms with Crippen LogP contribution < -0.4 is 5.32 Å². The first-order valence-corrected chi connectivity index (χ1v) is 9.86. The van der Waals surface area contributed by atoms with Crippen LogP contribution in [-0.2, 0) is 19.6 Å².